The summed E-state index contributed by atoms with van der Waals surface area (Å²) in [6.07, 6.45) is 3.38. The first-order valence-electron chi connectivity index (χ1n) is 3.43. The summed E-state index contributed by atoms with van der Waals surface area (Å²) in [6, 6.07) is 3.80. The molecule has 56 valence electrons. The molecule has 0 spiro atoms. The van der Waals surface area contributed by atoms with Gasteiger partial charge in [-0.3, -0.25) is 4.98 Å². The summed E-state index contributed by atoms with van der Waals surface area (Å²) in [5, 5.41) is 1.06. The van der Waals surface area contributed by atoms with Gasteiger partial charge in [0, 0.05) is 18.1 Å². The molecule has 2 aromatic rings. The molecule has 2 heterocycles. The van der Waals surface area contributed by atoms with Crippen molar-refractivity contribution < 1.29 is 4.42 Å². The second-order valence-electron chi connectivity index (χ2n) is 2.30. The van der Waals surface area contributed by atoms with Crippen molar-refractivity contribution in [2.24, 2.45) is 5.73 Å². The molecule has 0 aliphatic rings. The van der Waals surface area contributed by atoms with Crippen LogP contribution in [0.25, 0.3) is 11.0 Å². The normalized spacial score (nSPS) is 10.6. The van der Waals surface area contributed by atoms with Gasteiger partial charge in [-0.2, -0.15) is 0 Å². The number of nitrogens with zero attached hydrogens (tertiary/aromatic N) is 1. The first kappa shape index (κ1) is 6.37. The summed E-state index contributed by atoms with van der Waals surface area (Å²) < 4.78 is 5.20. The van der Waals surface area contributed by atoms with Crippen molar-refractivity contribution in [3.8, 4) is 0 Å². The van der Waals surface area contributed by atoms with Crippen LogP contribution in [0.15, 0.2) is 29.0 Å². The van der Waals surface area contributed by atoms with Gasteiger partial charge in [0.05, 0.1) is 12.0 Å². The van der Waals surface area contributed by atoms with Gasteiger partial charge >= 0.3 is 0 Å². The van der Waals surface area contributed by atoms with E-state index in [1.807, 2.05) is 12.1 Å². The molecule has 0 aliphatic heterocycles. The quantitative estimate of drug-likeness (QED) is 0.662. The van der Waals surface area contributed by atoms with Gasteiger partial charge in [-0.25, -0.2) is 0 Å². The summed E-state index contributed by atoms with van der Waals surface area (Å²) in [7, 11) is 0. The number of fused-ring (bicyclic) bond motifs is 1. The maximum atomic E-state index is 5.45. The van der Waals surface area contributed by atoms with E-state index < -0.39 is 0 Å². The van der Waals surface area contributed by atoms with Crippen molar-refractivity contribution in [1.29, 1.82) is 0 Å². The zero-order valence-electron chi connectivity index (χ0n) is 5.95. The lowest BCUT2D eigenvalue weighted by Crippen LogP contribution is -1.98. The highest BCUT2D eigenvalue weighted by atomic mass is 16.3. The van der Waals surface area contributed by atoms with Gasteiger partial charge in [0.1, 0.15) is 0 Å². The van der Waals surface area contributed by atoms with E-state index in [0.717, 1.165) is 16.7 Å². The van der Waals surface area contributed by atoms with Crippen LogP contribution in [0.3, 0.4) is 0 Å². The molecule has 11 heavy (non-hydrogen) atoms. The summed E-state index contributed by atoms with van der Waals surface area (Å²) >= 11 is 0. The maximum absolute atomic E-state index is 5.45. The van der Waals surface area contributed by atoms with E-state index in [1.54, 1.807) is 12.5 Å². The van der Waals surface area contributed by atoms with Crippen LogP contribution >= 0.6 is 0 Å². The van der Waals surface area contributed by atoms with Crippen LogP contribution in [0, 0.1) is 0 Å². The number of nitrogens with two attached hydrogens (primary N) is 1. The molecule has 3 heteroatoms. The Morgan fingerprint density at radius 3 is 3.18 bits per heavy atom. The van der Waals surface area contributed by atoms with Gasteiger partial charge in [-0.15, -0.1) is 0 Å². The van der Waals surface area contributed by atoms with Gasteiger partial charge in [-0.05, 0) is 12.1 Å². The first-order valence-corrected chi connectivity index (χ1v) is 3.43. The molecule has 0 aliphatic carbocycles. The smallest absolute Gasteiger partial charge is 0.156 e. The second kappa shape index (κ2) is 2.36. The summed E-state index contributed by atoms with van der Waals surface area (Å²) in [5.74, 6) is 0. The molecule has 2 N–H and O–H groups in total. The average Bonchev–Trinajstić information content (AvgIpc) is 2.50. The minimum Gasteiger partial charge on any atom is -0.462 e. The van der Waals surface area contributed by atoms with Crippen LogP contribution in [0.4, 0.5) is 0 Å². The topological polar surface area (TPSA) is 52.0 Å². The lowest BCUT2D eigenvalue weighted by molar-refractivity contribution is 0.608. The van der Waals surface area contributed by atoms with Crippen LogP contribution in [0.2, 0.25) is 0 Å². The molecule has 0 bridgehead atoms. The van der Waals surface area contributed by atoms with E-state index in [2.05, 4.69) is 4.98 Å². The zero-order chi connectivity index (χ0) is 7.68. The van der Waals surface area contributed by atoms with Crippen LogP contribution in [0.1, 0.15) is 5.69 Å². The largest absolute Gasteiger partial charge is 0.462 e. The standard InChI is InChI=1S/C8H8N2O/c9-5-7-8-6(1-3-10-7)2-4-11-8/h1-4H,5,9H2. The molecule has 0 aromatic carbocycles. The molecule has 0 saturated heterocycles. The number of pyridine rings is 1. The van der Waals surface area contributed by atoms with Gasteiger partial charge in [0.25, 0.3) is 0 Å². The Labute approximate surface area is 63.8 Å². The number of hydrogen-bond acceptors (Lipinski definition) is 3. The van der Waals surface area contributed by atoms with E-state index in [-0.39, 0.29) is 0 Å². The SMILES string of the molecule is NCc1nccc2ccoc12. The molecule has 0 unspecified atom stereocenters. The minimum atomic E-state index is 0.421. The van der Waals surface area contributed by atoms with E-state index in [0.29, 0.717) is 6.54 Å². The Balaban J connectivity index is 2.79. The number of rotatable bonds is 1. The molecular formula is C8H8N2O. The van der Waals surface area contributed by atoms with E-state index in [4.69, 9.17) is 10.2 Å². The fraction of sp³-hybridized carbons (Fsp3) is 0.125. The second-order valence-corrected chi connectivity index (χ2v) is 2.30. The fourth-order valence-electron chi connectivity index (χ4n) is 1.10. The van der Waals surface area contributed by atoms with Gasteiger partial charge in [-0.1, -0.05) is 0 Å². The first-order chi connectivity index (χ1) is 5.42. The lowest BCUT2D eigenvalue weighted by Gasteiger charge is -1.94. The maximum Gasteiger partial charge on any atom is 0.156 e. The van der Waals surface area contributed by atoms with Crippen molar-refractivity contribution in [3.63, 3.8) is 0 Å². The van der Waals surface area contributed by atoms with Crippen molar-refractivity contribution >= 4 is 11.0 Å². The Morgan fingerprint density at radius 1 is 1.45 bits per heavy atom. The Hall–Kier alpha value is -1.35. The Morgan fingerprint density at radius 2 is 2.36 bits per heavy atom. The third-order valence-corrected chi connectivity index (χ3v) is 1.64. The van der Waals surface area contributed by atoms with Gasteiger partial charge in [0.15, 0.2) is 5.58 Å². The van der Waals surface area contributed by atoms with Crippen molar-refractivity contribution in [1.82, 2.24) is 4.98 Å². The average molecular weight is 148 g/mol. The number of aromatic nitrogens is 1. The highest BCUT2D eigenvalue weighted by molar-refractivity contribution is 5.78. The number of hydrogen-bond donors (Lipinski definition) is 1. The van der Waals surface area contributed by atoms with Crippen LogP contribution < -0.4 is 5.73 Å². The summed E-state index contributed by atoms with van der Waals surface area (Å²) in [4.78, 5) is 4.08. The Kier molecular flexibility index (Phi) is 1.36. The predicted molar refractivity (Wildman–Crippen MR) is 41.9 cm³/mol. The monoisotopic (exact) mass is 148 g/mol. The van der Waals surface area contributed by atoms with Crippen LogP contribution in [0.5, 0.6) is 0 Å². The third-order valence-electron chi connectivity index (χ3n) is 1.64. The third kappa shape index (κ3) is 0.897. The molecule has 0 amide bonds. The molecule has 0 fully saturated rings. The molecule has 0 atom stereocenters. The molecule has 0 saturated carbocycles. The van der Waals surface area contributed by atoms with Crippen LogP contribution in [-0.4, -0.2) is 4.98 Å². The molecule has 3 nitrogen and oxygen atoms in total. The minimum absolute atomic E-state index is 0.421. The van der Waals surface area contributed by atoms with Crippen molar-refractivity contribution in [3.05, 3.63) is 30.3 Å². The zero-order valence-corrected chi connectivity index (χ0v) is 5.95. The highest BCUT2D eigenvalue weighted by Gasteiger charge is 2.01. The van der Waals surface area contributed by atoms with Gasteiger partial charge < -0.3 is 10.2 Å². The predicted octanol–water partition coefficient (Wildman–Crippen LogP) is 1.29. The van der Waals surface area contributed by atoms with Crippen molar-refractivity contribution in [2.45, 2.75) is 6.54 Å². The molecule has 2 rings (SSSR count). The van der Waals surface area contributed by atoms with Gasteiger partial charge in [0.2, 0.25) is 0 Å². The Bertz CT molecular complexity index is 367. The van der Waals surface area contributed by atoms with E-state index in [1.165, 1.54) is 0 Å². The highest BCUT2D eigenvalue weighted by Crippen LogP contribution is 2.16. The summed E-state index contributed by atoms with van der Waals surface area (Å²) in [5.41, 5.74) is 7.07. The van der Waals surface area contributed by atoms with E-state index in [9.17, 15) is 0 Å². The molecule has 2 aromatic heterocycles. The van der Waals surface area contributed by atoms with Crippen LogP contribution in [-0.2, 0) is 6.54 Å². The van der Waals surface area contributed by atoms with Crippen molar-refractivity contribution in [2.75, 3.05) is 0 Å². The van der Waals surface area contributed by atoms with E-state index >= 15 is 0 Å². The number of furan rings is 1. The molecular weight excluding hydrogens is 140 g/mol. The molecule has 0 radical (unpaired) electrons. The summed E-state index contributed by atoms with van der Waals surface area (Å²) in [6.45, 7) is 0.421. The lowest BCUT2D eigenvalue weighted by atomic mass is 10.2. The fourth-order valence-corrected chi connectivity index (χ4v) is 1.10.